The highest BCUT2D eigenvalue weighted by atomic mass is 15.0. The lowest BCUT2D eigenvalue weighted by molar-refractivity contribution is 1.18. The summed E-state index contributed by atoms with van der Waals surface area (Å²) in [5, 5.41) is 6.04. The van der Waals surface area contributed by atoms with Gasteiger partial charge in [0.15, 0.2) is 5.82 Å². The van der Waals surface area contributed by atoms with Crippen LogP contribution in [0.2, 0.25) is 0 Å². The van der Waals surface area contributed by atoms with E-state index in [9.17, 15) is 0 Å². The molecular weight excluding hydrogens is 546 g/mol. The minimum Gasteiger partial charge on any atom is -0.309 e. The highest BCUT2D eigenvalue weighted by molar-refractivity contribution is 6.13. The first kappa shape index (κ1) is 24.4. The molecule has 0 saturated carbocycles. The molecule has 0 spiro atoms. The third-order valence-corrected chi connectivity index (χ3v) is 9.31. The maximum atomic E-state index is 5.12. The molecule has 7 aromatic carbocycles. The van der Waals surface area contributed by atoms with Crippen molar-refractivity contribution in [2.24, 2.45) is 0 Å². The first-order valence-corrected chi connectivity index (χ1v) is 15.3. The van der Waals surface area contributed by atoms with E-state index in [1.165, 1.54) is 66.1 Å². The van der Waals surface area contributed by atoms with E-state index in [1.807, 2.05) is 0 Å². The molecule has 0 saturated heterocycles. The SMILES string of the molecule is c1ccc(-n2c3ccccc3c3cc(-c4ccc5cc(-c6nc7c8c(cccc8n6)-c6ccccc6-7)ccc5c4)ccc32)cc1. The maximum absolute atomic E-state index is 5.12. The monoisotopic (exact) mass is 571 g/mol. The molecule has 0 N–H and O–H groups in total. The normalized spacial score (nSPS) is 12.0. The predicted octanol–water partition coefficient (Wildman–Crippen LogP) is 10.9. The number of rotatable bonds is 3. The van der Waals surface area contributed by atoms with Crippen LogP contribution in [0.1, 0.15) is 0 Å². The summed E-state index contributed by atoms with van der Waals surface area (Å²) in [6, 6.07) is 54.3. The van der Waals surface area contributed by atoms with Gasteiger partial charge in [-0.2, -0.15) is 0 Å². The van der Waals surface area contributed by atoms with Crippen LogP contribution < -0.4 is 0 Å². The second kappa shape index (κ2) is 9.22. The zero-order valence-electron chi connectivity index (χ0n) is 24.3. The van der Waals surface area contributed by atoms with Crippen LogP contribution in [0.15, 0.2) is 152 Å². The van der Waals surface area contributed by atoms with E-state index in [4.69, 9.17) is 9.97 Å². The zero-order valence-corrected chi connectivity index (χ0v) is 24.3. The molecule has 10 rings (SSSR count). The second-order valence-electron chi connectivity index (χ2n) is 11.8. The molecule has 0 aliphatic heterocycles. The summed E-state index contributed by atoms with van der Waals surface area (Å²) in [7, 11) is 0. The fourth-order valence-electron chi connectivity index (χ4n) is 7.23. The van der Waals surface area contributed by atoms with Crippen LogP contribution in [0.3, 0.4) is 0 Å². The molecule has 9 aromatic rings. The van der Waals surface area contributed by atoms with Gasteiger partial charge in [-0.25, -0.2) is 9.97 Å². The van der Waals surface area contributed by atoms with Crippen molar-refractivity contribution in [2.75, 3.05) is 0 Å². The molecular formula is C42H25N3. The minimum atomic E-state index is 0.762. The molecule has 0 bridgehead atoms. The maximum Gasteiger partial charge on any atom is 0.160 e. The van der Waals surface area contributed by atoms with Crippen LogP contribution in [-0.2, 0) is 0 Å². The molecule has 1 aliphatic rings. The van der Waals surface area contributed by atoms with Crippen molar-refractivity contribution in [2.45, 2.75) is 0 Å². The summed E-state index contributed by atoms with van der Waals surface area (Å²) >= 11 is 0. The summed E-state index contributed by atoms with van der Waals surface area (Å²) in [6.45, 7) is 0. The molecule has 2 aromatic heterocycles. The summed E-state index contributed by atoms with van der Waals surface area (Å²) < 4.78 is 2.36. The van der Waals surface area contributed by atoms with Crippen molar-refractivity contribution in [3.05, 3.63) is 152 Å². The van der Waals surface area contributed by atoms with Gasteiger partial charge in [0.2, 0.25) is 0 Å². The number of hydrogen-bond acceptors (Lipinski definition) is 2. The van der Waals surface area contributed by atoms with Gasteiger partial charge in [-0.05, 0) is 81.6 Å². The largest absolute Gasteiger partial charge is 0.309 e. The van der Waals surface area contributed by atoms with Crippen LogP contribution in [-0.4, -0.2) is 14.5 Å². The van der Waals surface area contributed by atoms with E-state index >= 15 is 0 Å². The fraction of sp³-hybridized carbons (Fsp3) is 0. The highest BCUT2D eigenvalue weighted by Crippen LogP contribution is 2.46. The molecule has 0 amide bonds. The predicted molar refractivity (Wildman–Crippen MR) is 187 cm³/mol. The second-order valence-corrected chi connectivity index (χ2v) is 11.8. The molecule has 0 radical (unpaired) electrons. The van der Waals surface area contributed by atoms with Crippen molar-refractivity contribution in [3.8, 4) is 50.6 Å². The van der Waals surface area contributed by atoms with Crippen molar-refractivity contribution in [3.63, 3.8) is 0 Å². The van der Waals surface area contributed by atoms with Gasteiger partial charge in [0, 0.05) is 33.0 Å². The molecule has 3 nitrogen and oxygen atoms in total. The average Bonchev–Trinajstić information content (AvgIpc) is 3.61. The lowest BCUT2D eigenvalue weighted by Crippen LogP contribution is -1.93. The molecule has 0 unspecified atom stereocenters. The number of hydrogen-bond donors (Lipinski definition) is 0. The van der Waals surface area contributed by atoms with Gasteiger partial charge in [-0.15, -0.1) is 0 Å². The Morgan fingerprint density at radius 2 is 1.09 bits per heavy atom. The Morgan fingerprint density at radius 3 is 1.98 bits per heavy atom. The molecule has 45 heavy (non-hydrogen) atoms. The van der Waals surface area contributed by atoms with Gasteiger partial charge in [-0.1, -0.05) is 103 Å². The van der Waals surface area contributed by atoms with Crippen LogP contribution in [0.4, 0.5) is 0 Å². The first-order chi connectivity index (χ1) is 22.3. The Labute approximate surface area is 259 Å². The average molecular weight is 572 g/mol. The highest BCUT2D eigenvalue weighted by Gasteiger charge is 2.24. The molecule has 0 fully saturated rings. The zero-order chi connectivity index (χ0) is 29.5. The molecule has 2 heterocycles. The minimum absolute atomic E-state index is 0.762. The van der Waals surface area contributed by atoms with Gasteiger partial charge in [0.1, 0.15) is 0 Å². The van der Waals surface area contributed by atoms with Crippen molar-refractivity contribution < 1.29 is 0 Å². The Balaban J connectivity index is 1.07. The van der Waals surface area contributed by atoms with E-state index < -0.39 is 0 Å². The molecule has 1 aliphatic carbocycles. The Kier molecular flexibility index (Phi) is 5.00. The van der Waals surface area contributed by atoms with Gasteiger partial charge in [0.05, 0.1) is 22.2 Å². The molecule has 3 heteroatoms. The molecule has 0 atom stereocenters. The third kappa shape index (κ3) is 3.58. The number of benzene rings is 7. The van der Waals surface area contributed by atoms with Crippen molar-refractivity contribution in [1.29, 1.82) is 0 Å². The van der Waals surface area contributed by atoms with Gasteiger partial charge in [-0.3, -0.25) is 0 Å². The van der Waals surface area contributed by atoms with Gasteiger partial charge < -0.3 is 4.57 Å². The summed E-state index contributed by atoms with van der Waals surface area (Å²) in [5.41, 5.74) is 12.7. The Morgan fingerprint density at radius 1 is 0.422 bits per heavy atom. The van der Waals surface area contributed by atoms with Crippen LogP contribution in [0.25, 0.3) is 94.1 Å². The number of para-hydroxylation sites is 2. The van der Waals surface area contributed by atoms with E-state index in [-0.39, 0.29) is 0 Å². The number of fused-ring (bicyclic) bond motifs is 7. The summed E-state index contributed by atoms with van der Waals surface area (Å²) in [4.78, 5) is 10.1. The third-order valence-electron chi connectivity index (χ3n) is 9.31. The lowest BCUT2D eigenvalue weighted by atomic mass is 9.98. The summed E-state index contributed by atoms with van der Waals surface area (Å²) in [5.74, 6) is 0.762. The van der Waals surface area contributed by atoms with E-state index in [0.717, 1.165) is 28.0 Å². The first-order valence-electron chi connectivity index (χ1n) is 15.3. The Hall–Kier alpha value is -6.06. The summed E-state index contributed by atoms with van der Waals surface area (Å²) in [6.07, 6.45) is 0. The Bertz CT molecular complexity index is 2650. The topological polar surface area (TPSA) is 30.7 Å². The quantitative estimate of drug-likeness (QED) is 0.211. The number of aromatic nitrogens is 3. The van der Waals surface area contributed by atoms with E-state index in [1.54, 1.807) is 0 Å². The molecule has 208 valence electrons. The number of nitrogens with zero attached hydrogens (tertiary/aromatic N) is 3. The van der Waals surface area contributed by atoms with E-state index in [0.29, 0.717) is 0 Å². The van der Waals surface area contributed by atoms with E-state index in [2.05, 4.69) is 156 Å². The van der Waals surface area contributed by atoms with Gasteiger partial charge in [0.25, 0.3) is 0 Å². The van der Waals surface area contributed by atoms with Crippen LogP contribution >= 0.6 is 0 Å². The fourth-order valence-corrected chi connectivity index (χ4v) is 7.23. The van der Waals surface area contributed by atoms with Gasteiger partial charge >= 0.3 is 0 Å². The standard InChI is InChI=1S/C42H25N3/c1-2-9-31(10-3-1)45-38-16-7-6-12-33(38)36-25-29(21-22-39(36)45)27-17-18-28-24-30(20-19-26(28)23-27)42-43-37-15-8-14-34-32-11-4-5-13-35(32)41(44-42)40(34)37/h1-25H. The lowest BCUT2D eigenvalue weighted by Gasteiger charge is -2.09. The van der Waals surface area contributed by atoms with Crippen molar-refractivity contribution >= 4 is 43.5 Å². The van der Waals surface area contributed by atoms with Crippen LogP contribution in [0, 0.1) is 0 Å². The smallest absolute Gasteiger partial charge is 0.160 e. The van der Waals surface area contributed by atoms with Crippen LogP contribution in [0.5, 0.6) is 0 Å². The van der Waals surface area contributed by atoms with Crippen molar-refractivity contribution in [1.82, 2.24) is 14.5 Å².